The topological polar surface area (TPSA) is 17.1 Å². The van der Waals surface area contributed by atoms with Crippen LogP contribution in [0.15, 0.2) is 42.5 Å². The maximum absolute atomic E-state index is 10.9. The van der Waals surface area contributed by atoms with Crippen molar-refractivity contribution >= 4 is 6.29 Å². The summed E-state index contributed by atoms with van der Waals surface area (Å²) < 4.78 is 0. The number of hydrogen-bond donors (Lipinski definition) is 0. The summed E-state index contributed by atoms with van der Waals surface area (Å²) in [7, 11) is 0. The van der Waals surface area contributed by atoms with Crippen LogP contribution in [0.4, 0.5) is 0 Å². The summed E-state index contributed by atoms with van der Waals surface area (Å²) in [5.74, 6) is -0.140. The summed E-state index contributed by atoms with van der Waals surface area (Å²) in [5.41, 5.74) is 6.36. The van der Waals surface area contributed by atoms with Crippen LogP contribution in [0.25, 0.3) is 11.1 Å². The van der Waals surface area contributed by atoms with Gasteiger partial charge in [0.25, 0.3) is 0 Å². The molecule has 0 fully saturated rings. The van der Waals surface area contributed by atoms with E-state index in [9.17, 15) is 4.79 Å². The average molecular weight is 221 g/mol. The zero-order valence-corrected chi connectivity index (χ0v) is 9.73. The summed E-state index contributed by atoms with van der Waals surface area (Å²) in [6.45, 7) is 1.91. The van der Waals surface area contributed by atoms with Gasteiger partial charge in [-0.3, -0.25) is 4.79 Å². The van der Waals surface area contributed by atoms with Crippen LogP contribution in [0.1, 0.15) is 29.5 Å². The second-order valence-electron chi connectivity index (χ2n) is 4.55. The number of hydrogen-bond acceptors (Lipinski definition) is 1. The number of carbonyl (C=O) groups excluding carboxylic acids is 1. The van der Waals surface area contributed by atoms with Crippen LogP contribution in [0.3, 0.4) is 0 Å². The van der Waals surface area contributed by atoms with E-state index >= 15 is 0 Å². The van der Waals surface area contributed by atoms with Crippen LogP contribution in [0, 0.1) is 0 Å². The Labute approximate surface area is 101 Å². The van der Waals surface area contributed by atoms with E-state index < -0.39 is 0 Å². The van der Waals surface area contributed by atoms with Crippen molar-refractivity contribution in [2.75, 3.05) is 0 Å². The molecular weight excluding hydrogens is 208 g/mol. The van der Waals surface area contributed by atoms with E-state index in [4.69, 9.17) is 0 Å². The summed E-state index contributed by atoms with van der Waals surface area (Å²) >= 11 is 0. The SMILES string of the molecule is CC([C]=O)c1cccc2c1Cc1ccccc1-2. The van der Waals surface area contributed by atoms with Gasteiger partial charge in [0.2, 0.25) is 6.29 Å². The van der Waals surface area contributed by atoms with E-state index in [1.54, 1.807) is 0 Å². The van der Waals surface area contributed by atoms with Crippen molar-refractivity contribution in [2.45, 2.75) is 19.3 Å². The van der Waals surface area contributed by atoms with Crippen molar-refractivity contribution in [3.05, 3.63) is 59.2 Å². The fourth-order valence-electron chi connectivity index (χ4n) is 2.65. The van der Waals surface area contributed by atoms with Crippen LogP contribution in [0.2, 0.25) is 0 Å². The van der Waals surface area contributed by atoms with Crippen molar-refractivity contribution in [3.8, 4) is 11.1 Å². The zero-order chi connectivity index (χ0) is 11.8. The molecule has 0 amide bonds. The van der Waals surface area contributed by atoms with Crippen molar-refractivity contribution in [2.24, 2.45) is 0 Å². The lowest BCUT2D eigenvalue weighted by Crippen LogP contribution is -1.99. The standard InChI is InChI=1S/C16H13O/c1-11(10-17)13-7-4-8-15-14-6-3-2-5-12(14)9-16(13)15/h2-8,11H,9H2,1H3. The zero-order valence-electron chi connectivity index (χ0n) is 9.73. The van der Waals surface area contributed by atoms with Crippen molar-refractivity contribution in [1.29, 1.82) is 0 Å². The third-order valence-electron chi connectivity index (χ3n) is 3.53. The Hall–Kier alpha value is -1.89. The lowest BCUT2D eigenvalue weighted by molar-refractivity contribution is 0.546. The molecule has 83 valence electrons. The van der Waals surface area contributed by atoms with Gasteiger partial charge in [0.05, 0.1) is 0 Å². The van der Waals surface area contributed by atoms with Crippen LogP contribution >= 0.6 is 0 Å². The molecule has 1 aliphatic rings. The van der Waals surface area contributed by atoms with E-state index in [0.29, 0.717) is 0 Å². The smallest absolute Gasteiger partial charge is 0.206 e. The summed E-state index contributed by atoms with van der Waals surface area (Å²) in [4.78, 5) is 10.9. The highest BCUT2D eigenvalue weighted by molar-refractivity contribution is 5.79. The Kier molecular flexibility index (Phi) is 2.32. The Morgan fingerprint density at radius 2 is 1.82 bits per heavy atom. The molecule has 0 N–H and O–H groups in total. The van der Waals surface area contributed by atoms with Gasteiger partial charge in [-0.2, -0.15) is 0 Å². The van der Waals surface area contributed by atoms with Crippen LogP contribution in [-0.4, -0.2) is 6.29 Å². The Bertz CT molecular complexity index is 584. The summed E-state index contributed by atoms with van der Waals surface area (Å²) in [6, 6.07) is 14.7. The van der Waals surface area contributed by atoms with Crippen molar-refractivity contribution < 1.29 is 4.79 Å². The van der Waals surface area contributed by atoms with Gasteiger partial charge < -0.3 is 0 Å². The summed E-state index contributed by atoms with van der Waals surface area (Å²) in [5, 5.41) is 0. The molecule has 2 aromatic carbocycles. The van der Waals surface area contributed by atoms with Gasteiger partial charge in [0.1, 0.15) is 0 Å². The van der Waals surface area contributed by atoms with Gasteiger partial charge in [-0.05, 0) is 34.2 Å². The summed E-state index contributed by atoms with van der Waals surface area (Å²) in [6.07, 6.45) is 3.03. The maximum Gasteiger partial charge on any atom is 0.206 e. The van der Waals surface area contributed by atoms with E-state index in [2.05, 4.69) is 36.6 Å². The third-order valence-corrected chi connectivity index (χ3v) is 3.53. The minimum Gasteiger partial charge on any atom is -0.290 e. The Morgan fingerprint density at radius 1 is 1.06 bits per heavy atom. The quantitative estimate of drug-likeness (QED) is 0.647. The van der Waals surface area contributed by atoms with Crippen molar-refractivity contribution in [1.82, 2.24) is 0 Å². The van der Waals surface area contributed by atoms with Gasteiger partial charge in [-0.15, -0.1) is 0 Å². The first kappa shape index (κ1) is 10.3. The molecule has 0 saturated heterocycles. The molecule has 0 saturated carbocycles. The predicted octanol–water partition coefficient (Wildman–Crippen LogP) is 3.47. The van der Waals surface area contributed by atoms with E-state index in [0.717, 1.165) is 12.0 Å². The first-order chi connectivity index (χ1) is 8.31. The highest BCUT2D eigenvalue weighted by Crippen LogP contribution is 2.39. The minimum absolute atomic E-state index is 0.140. The molecule has 1 radical (unpaired) electrons. The Balaban J connectivity index is 2.20. The van der Waals surface area contributed by atoms with Crippen LogP contribution in [-0.2, 0) is 11.2 Å². The largest absolute Gasteiger partial charge is 0.290 e. The van der Waals surface area contributed by atoms with Gasteiger partial charge in [0.15, 0.2) is 0 Å². The Morgan fingerprint density at radius 3 is 2.65 bits per heavy atom. The fourth-order valence-corrected chi connectivity index (χ4v) is 2.65. The molecule has 2 aromatic rings. The second kappa shape index (κ2) is 3.85. The molecule has 1 heteroatoms. The predicted molar refractivity (Wildman–Crippen MR) is 68.8 cm³/mol. The van der Waals surface area contributed by atoms with Gasteiger partial charge in [0, 0.05) is 5.92 Å². The molecule has 1 aliphatic carbocycles. The molecule has 1 nitrogen and oxygen atoms in total. The third kappa shape index (κ3) is 1.50. The highest BCUT2D eigenvalue weighted by Gasteiger charge is 2.22. The molecule has 3 rings (SSSR count). The normalized spacial score (nSPS) is 13.9. The van der Waals surface area contributed by atoms with E-state index in [1.165, 1.54) is 22.3 Å². The monoisotopic (exact) mass is 221 g/mol. The molecule has 0 bridgehead atoms. The maximum atomic E-state index is 10.9. The molecule has 1 atom stereocenters. The number of benzene rings is 2. The number of fused-ring (bicyclic) bond motifs is 3. The lowest BCUT2D eigenvalue weighted by atomic mass is 9.93. The van der Waals surface area contributed by atoms with E-state index in [1.807, 2.05) is 19.1 Å². The van der Waals surface area contributed by atoms with Crippen LogP contribution in [0.5, 0.6) is 0 Å². The second-order valence-corrected chi connectivity index (χ2v) is 4.55. The lowest BCUT2D eigenvalue weighted by Gasteiger charge is -2.10. The van der Waals surface area contributed by atoms with E-state index in [-0.39, 0.29) is 5.92 Å². The first-order valence-electron chi connectivity index (χ1n) is 5.89. The van der Waals surface area contributed by atoms with Crippen molar-refractivity contribution in [3.63, 3.8) is 0 Å². The molecule has 17 heavy (non-hydrogen) atoms. The fraction of sp³-hybridized carbons (Fsp3) is 0.188. The number of rotatable bonds is 2. The first-order valence-corrected chi connectivity index (χ1v) is 5.89. The molecule has 0 aliphatic heterocycles. The molecule has 1 unspecified atom stereocenters. The molecule has 0 spiro atoms. The van der Waals surface area contributed by atoms with Gasteiger partial charge in [-0.1, -0.05) is 49.4 Å². The molecule has 0 aromatic heterocycles. The highest BCUT2D eigenvalue weighted by atomic mass is 16.1. The van der Waals surface area contributed by atoms with Gasteiger partial charge in [-0.25, -0.2) is 0 Å². The molecule has 0 heterocycles. The molecular formula is C16H13O. The average Bonchev–Trinajstić information content (AvgIpc) is 2.76. The van der Waals surface area contributed by atoms with Gasteiger partial charge >= 0.3 is 0 Å². The minimum atomic E-state index is -0.140. The van der Waals surface area contributed by atoms with Crippen LogP contribution < -0.4 is 0 Å².